The molecule has 1 aromatic rings. The molecule has 0 unspecified atom stereocenters. The van der Waals surface area contributed by atoms with E-state index in [1.165, 1.54) is 27.7 Å². The fraction of sp³-hybridized carbons (Fsp3) is 0.385. The molecule has 0 spiro atoms. The second-order valence-electron chi connectivity index (χ2n) is 3.46. The Morgan fingerprint density at radius 1 is 0.938 bits per heavy atom. The molecule has 0 heterocycles. The minimum atomic E-state index is 0.140. The summed E-state index contributed by atoms with van der Waals surface area (Å²) in [5, 5.41) is 8.54. The van der Waals surface area contributed by atoms with Crippen LogP contribution in [0, 0.1) is 0 Å². The average Bonchev–Trinajstić information content (AvgIpc) is 2.17. The molecule has 0 fully saturated rings. The summed E-state index contributed by atoms with van der Waals surface area (Å²) in [6.45, 7) is 6.25. The Morgan fingerprint density at radius 2 is 1.25 bits per heavy atom. The zero-order valence-electron chi connectivity index (χ0n) is 10.4. The fourth-order valence-corrected chi connectivity index (χ4v) is 0.583. The van der Waals surface area contributed by atoms with Gasteiger partial charge in [-0.1, -0.05) is 30.3 Å². The topological polar surface area (TPSA) is 54.4 Å². The van der Waals surface area contributed by atoms with Crippen LogP contribution in [0.15, 0.2) is 30.3 Å². The molecule has 0 saturated heterocycles. The van der Waals surface area contributed by atoms with Crippen LogP contribution in [-0.2, 0) is 16.2 Å². The molecule has 0 amide bonds. The van der Waals surface area contributed by atoms with Gasteiger partial charge in [-0.15, -0.1) is 0 Å². The molecule has 0 radical (unpaired) electrons. The third kappa shape index (κ3) is 22.9. The van der Waals surface area contributed by atoms with Gasteiger partial charge in [-0.3, -0.25) is 0 Å². The summed E-state index contributed by atoms with van der Waals surface area (Å²) in [5.74, 6) is 0.333. The molecule has 1 rings (SSSR count). The van der Waals surface area contributed by atoms with E-state index in [0.717, 1.165) is 5.56 Å². The van der Waals surface area contributed by atoms with Gasteiger partial charge in [0.1, 0.15) is 11.6 Å². The van der Waals surface area contributed by atoms with Crippen LogP contribution in [0.25, 0.3) is 0 Å². The van der Waals surface area contributed by atoms with Crippen LogP contribution in [0.4, 0.5) is 0 Å². The Labute approximate surface area is 97.1 Å². The van der Waals surface area contributed by atoms with E-state index in [9.17, 15) is 9.59 Å². The first-order valence-corrected chi connectivity index (χ1v) is 4.99. The molecule has 0 aromatic heterocycles. The van der Waals surface area contributed by atoms with E-state index < -0.39 is 0 Å². The lowest BCUT2D eigenvalue weighted by molar-refractivity contribution is -0.115. The van der Waals surface area contributed by atoms with Crippen LogP contribution in [0.3, 0.4) is 0 Å². The smallest absolute Gasteiger partial charge is 0.126 e. The Bertz CT molecular complexity index is 271. The SMILES string of the molecule is CC(C)=O.CC(C)=O.OCc1ccccc1. The Kier molecular flexibility index (Phi) is 12.3. The van der Waals surface area contributed by atoms with Crippen LogP contribution in [0.2, 0.25) is 0 Å². The van der Waals surface area contributed by atoms with Gasteiger partial charge in [-0.2, -0.15) is 0 Å². The molecule has 0 aliphatic heterocycles. The molecule has 3 heteroatoms. The Morgan fingerprint density at radius 3 is 1.44 bits per heavy atom. The summed E-state index contributed by atoms with van der Waals surface area (Å²) in [4.78, 5) is 18.9. The zero-order chi connectivity index (χ0) is 13.0. The molecule has 0 bridgehead atoms. The van der Waals surface area contributed by atoms with Gasteiger partial charge in [-0.05, 0) is 33.3 Å². The van der Waals surface area contributed by atoms with Gasteiger partial charge in [-0.25, -0.2) is 0 Å². The van der Waals surface area contributed by atoms with Crippen molar-refractivity contribution >= 4 is 11.6 Å². The van der Waals surface area contributed by atoms with Gasteiger partial charge in [0.05, 0.1) is 6.61 Å². The van der Waals surface area contributed by atoms with Crippen molar-refractivity contribution in [2.75, 3.05) is 0 Å². The monoisotopic (exact) mass is 224 g/mol. The maximum atomic E-state index is 9.44. The predicted octanol–water partition coefficient (Wildman–Crippen LogP) is 2.37. The summed E-state index contributed by atoms with van der Waals surface area (Å²) in [6, 6.07) is 9.52. The lowest BCUT2D eigenvalue weighted by Gasteiger charge is -1.89. The van der Waals surface area contributed by atoms with E-state index in [0.29, 0.717) is 0 Å². The van der Waals surface area contributed by atoms with Crippen LogP contribution in [0.1, 0.15) is 33.3 Å². The van der Waals surface area contributed by atoms with E-state index in [1.807, 2.05) is 30.3 Å². The van der Waals surface area contributed by atoms with Gasteiger partial charge in [0.25, 0.3) is 0 Å². The Balaban J connectivity index is 0. The number of carbonyl (C=O) groups excluding carboxylic acids is 2. The molecule has 16 heavy (non-hydrogen) atoms. The van der Waals surface area contributed by atoms with E-state index in [-0.39, 0.29) is 18.2 Å². The van der Waals surface area contributed by atoms with Crippen molar-refractivity contribution in [3.8, 4) is 0 Å². The average molecular weight is 224 g/mol. The molecule has 0 aliphatic carbocycles. The van der Waals surface area contributed by atoms with Gasteiger partial charge in [0, 0.05) is 0 Å². The lowest BCUT2D eigenvalue weighted by atomic mass is 10.2. The maximum Gasteiger partial charge on any atom is 0.126 e. The first-order valence-electron chi connectivity index (χ1n) is 4.99. The summed E-state index contributed by atoms with van der Waals surface area (Å²) in [5.41, 5.74) is 0.965. The van der Waals surface area contributed by atoms with Crippen molar-refractivity contribution in [2.45, 2.75) is 34.3 Å². The number of ketones is 2. The quantitative estimate of drug-likeness (QED) is 0.796. The normalized spacial score (nSPS) is 7.81. The highest BCUT2D eigenvalue weighted by Gasteiger charge is 1.81. The highest BCUT2D eigenvalue weighted by Crippen LogP contribution is 1.95. The number of hydrogen-bond acceptors (Lipinski definition) is 3. The number of benzene rings is 1. The van der Waals surface area contributed by atoms with Crippen LogP contribution in [0.5, 0.6) is 0 Å². The Hall–Kier alpha value is -1.48. The molecule has 0 aliphatic rings. The minimum absolute atomic E-state index is 0.140. The van der Waals surface area contributed by atoms with Crippen LogP contribution < -0.4 is 0 Å². The number of aliphatic hydroxyl groups is 1. The second kappa shape index (κ2) is 11.6. The zero-order valence-corrected chi connectivity index (χ0v) is 10.4. The molecule has 0 saturated carbocycles. The van der Waals surface area contributed by atoms with Crippen molar-refractivity contribution < 1.29 is 14.7 Å². The highest BCUT2D eigenvalue weighted by atomic mass is 16.3. The molecule has 90 valence electrons. The molecular weight excluding hydrogens is 204 g/mol. The maximum absolute atomic E-state index is 9.44. The minimum Gasteiger partial charge on any atom is -0.392 e. The fourth-order valence-electron chi connectivity index (χ4n) is 0.583. The summed E-state index contributed by atoms with van der Waals surface area (Å²) < 4.78 is 0. The standard InChI is InChI=1S/C7H8O.2C3H6O/c8-6-7-4-2-1-3-5-7;2*1-3(2)4/h1-5,8H,6H2;2*1-2H3. The molecule has 1 N–H and O–H groups in total. The number of Topliss-reactive ketones (excluding diaryl/α,β-unsaturated/α-hetero) is 2. The molecule has 3 nitrogen and oxygen atoms in total. The van der Waals surface area contributed by atoms with Gasteiger partial charge in [0.15, 0.2) is 0 Å². The van der Waals surface area contributed by atoms with Crippen molar-refractivity contribution in [2.24, 2.45) is 0 Å². The van der Waals surface area contributed by atoms with Crippen LogP contribution >= 0.6 is 0 Å². The van der Waals surface area contributed by atoms with Gasteiger partial charge >= 0.3 is 0 Å². The van der Waals surface area contributed by atoms with Gasteiger partial charge < -0.3 is 14.7 Å². The third-order valence-electron chi connectivity index (χ3n) is 1.03. The number of aliphatic hydroxyl groups excluding tert-OH is 1. The van der Waals surface area contributed by atoms with Gasteiger partial charge in [0.2, 0.25) is 0 Å². The predicted molar refractivity (Wildman–Crippen MR) is 65.1 cm³/mol. The van der Waals surface area contributed by atoms with E-state index >= 15 is 0 Å². The van der Waals surface area contributed by atoms with Crippen LogP contribution in [-0.4, -0.2) is 16.7 Å². The van der Waals surface area contributed by atoms with Crippen molar-refractivity contribution in [3.05, 3.63) is 35.9 Å². The first kappa shape index (κ1) is 16.9. The summed E-state index contributed by atoms with van der Waals surface area (Å²) in [6.07, 6.45) is 0. The van der Waals surface area contributed by atoms with E-state index in [4.69, 9.17) is 5.11 Å². The summed E-state index contributed by atoms with van der Waals surface area (Å²) >= 11 is 0. The summed E-state index contributed by atoms with van der Waals surface area (Å²) in [7, 11) is 0. The largest absolute Gasteiger partial charge is 0.392 e. The third-order valence-corrected chi connectivity index (χ3v) is 1.03. The lowest BCUT2D eigenvalue weighted by Crippen LogP contribution is -1.77. The van der Waals surface area contributed by atoms with Crippen molar-refractivity contribution in [1.82, 2.24) is 0 Å². The molecular formula is C13H20O3. The van der Waals surface area contributed by atoms with E-state index in [2.05, 4.69) is 0 Å². The van der Waals surface area contributed by atoms with E-state index in [1.54, 1.807) is 0 Å². The van der Waals surface area contributed by atoms with Crippen molar-refractivity contribution in [3.63, 3.8) is 0 Å². The highest BCUT2D eigenvalue weighted by molar-refractivity contribution is 5.72. The molecule has 1 aromatic carbocycles. The first-order chi connectivity index (χ1) is 7.40. The van der Waals surface area contributed by atoms with Crippen molar-refractivity contribution in [1.29, 1.82) is 0 Å². The number of carbonyl (C=O) groups is 2. The number of hydrogen-bond donors (Lipinski definition) is 1. The molecule has 0 atom stereocenters. The number of rotatable bonds is 1. The second-order valence-corrected chi connectivity index (χ2v) is 3.46.